The number of nitrogens with zero attached hydrogens (tertiary/aromatic N) is 3. The molecule has 0 saturated carbocycles. The highest BCUT2D eigenvalue weighted by atomic mass is 16.5. The molecular formula is C15H24N4O. The van der Waals surface area contributed by atoms with Crippen LogP contribution in [0, 0.1) is 17.2 Å². The first kappa shape index (κ1) is 14.7. The lowest BCUT2D eigenvalue weighted by Crippen LogP contribution is -2.35. The largest absolute Gasteiger partial charge is 0.396 e. The van der Waals surface area contributed by atoms with Crippen molar-refractivity contribution in [2.24, 2.45) is 5.92 Å². The van der Waals surface area contributed by atoms with Crippen LogP contribution in [-0.4, -0.2) is 30.9 Å². The predicted octanol–water partition coefficient (Wildman–Crippen LogP) is 2.21. The lowest BCUT2D eigenvalue weighted by Gasteiger charge is -2.33. The summed E-state index contributed by atoms with van der Waals surface area (Å²) in [6, 6.07) is 4.01. The second-order valence-corrected chi connectivity index (χ2v) is 5.44. The van der Waals surface area contributed by atoms with Gasteiger partial charge in [-0.3, -0.25) is 0 Å². The molecule has 2 heterocycles. The minimum absolute atomic E-state index is 0.608. The van der Waals surface area contributed by atoms with Crippen molar-refractivity contribution < 1.29 is 4.74 Å². The van der Waals surface area contributed by atoms with E-state index in [4.69, 9.17) is 10.5 Å². The van der Waals surface area contributed by atoms with Crippen LogP contribution in [0.3, 0.4) is 0 Å². The first-order chi connectivity index (χ1) is 9.67. The van der Waals surface area contributed by atoms with Gasteiger partial charge < -0.3 is 19.9 Å². The lowest BCUT2D eigenvalue weighted by molar-refractivity contribution is 0.139. The van der Waals surface area contributed by atoms with E-state index in [2.05, 4.69) is 17.9 Å². The molecule has 0 bridgehead atoms. The van der Waals surface area contributed by atoms with E-state index in [0.29, 0.717) is 31.1 Å². The van der Waals surface area contributed by atoms with Gasteiger partial charge in [0.2, 0.25) is 0 Å². The zero-order valence-electron chi connectivity index (χ0n) is 12.4. The maximum atomic E-state index is 9.27. The summed E-state index contributed by atoms with van der Waals surface area (Å²) in [4.78, 5) is 2.31. The standard InChI is InChI=1S/C15H24N4O/c1-3-20-9-8-19-13(11-16)10-14(17)15(19)18-6-4-12(2)5-7-18/h10,12H,3-9,17H2,1-2H3. The van der Waals surface area contributed by atoms with Crippen LogP contribution in [0.4, 0.5) is 11.5 Å². The number of nitrogen functional groups attached to an aromatic ring is 1. The molecule has 0 aliphatic carbocycles. The Labute approximate surface area is 120 Å². The number of ether oxygens (including phenoxy) is 1. The van der Waals surface area contributed by atoms with Gasteiger partial charge in [0.1, 0.15) is 17.6 Å². The summed E-state index contributed by atoms with van der Waals surface area (Å²) in [6.45, 7) is 8.25. The Bertz CT molecular complexity index is 481. The first-order valence-electron chi connectivity index (χ1n) is 7.39. The molecule has 5 nitrogen and oxygen atoms in total. The topological polar surface area (TPSA) is 67.2 Å². The van der Waals surface area contributed by atoms with Crippen molar-refractivity contribution in [3.05, 3.63) is 11.8 Å². The molecule has 1 aromatic heterocycles. The fraction of sp³-hybridized carbons (Fsp3) is 0.667. The summed E-state index contributed by atoms with van der Waals surface area (Å²) in [5.74, 6) is 1.77. The van der Waals surface area contributed by atoms with Crippen molar-refractivity contribution >= 4 is 11.5 Å². The average molecular weight is 276 g/mol. The maximum Gasteiger partial charge on any atom is 0.133 e. The minimum atomic E-state index is 0.608. The maximum absolute atomic E-state index is 9.27. The van der Waals surface area contributed by atoms with E-state index in [0.717, 1.165) is 24.8 Å². The number of anilines is 2. The molecule has 0 amide bonds. The Kier molecular flexibility index (Phi) is 4.91. The van der Waals surface area contributed by atoms with Gasteiger partial charge in [-0.2, -0.15) is 5.26 Å². The van der Waals surface area contributed by atoms with Crippen LogP contribution in [0.25, 0.3) is 0 Å². The molecule has 0 aromatic carbocycles. The Morgan fingerprint density at radius 2 is 2.15 bits per heavy atom. The van der Waals surface area contributed by atoms with E-state index in [-0.39, 0.29) is 0 Å². The molecular weight excluding hydrogens is 252 g/mol. The van der Waals surface area contributed by atoms with Crippen LogP contribution in [0.1, 0.15) is 32.4 Å². The molecule has 1 saturated heterocycles. The van der Waals surface area contributed by atoms with Crippen LogP contribution in [-0.2, 0) is 11.3 Å². The van der Waals surface area contributed by atoms with E-state index >= 15 is 0 Å². The van der Waals surface area contributed by atoms with Crippen molar-refractivity contribution in [2.75, 3.05) is 36.9 Å². The van der Waals surface area contributed by atoms with E-state index < -0.39 is 0 Å². The molecule has 2 N–H and O–H groups in total. The van der Waals surface area contributed by atoms with Gasteiger partial charge in [0.05, 0.1) is 12.3 Å². The normalized spacial score (nSPS) is 16.4. The molecule has 20 heavy (non-hydrogen) atoms. The summed E-state index contributed by atoms with van der Waals surface area (Å²) >= 11 is 0. The third kappa shape index (κ3) is 3.07. The molecule has 110 valence electrons. The van der Waals surface area contributed by atoms with Gasteiger partial charge in [0.25, 0.3) is 0 Å². The van der Waals surface area contributed by atoms with Crippen LogP contribution >= 0.6 is 0 Å². The molecule has 1 aliphatic rings. The number of nitrogens with two attached hydrogens (primary N) is 1. The quantitative estimate of drug-likeness (QED) is 0.837. The summed E-state index contributed by atoms with van der Waals surface area (Å²) < 4.78 is 7.42. The van der Waals surface area contributed by atoms with Crippen molar-refractivity contribution in [2.45, 2.75) is 33.2 Å². The molecule has 1 fully saturated rings. The van der Waals surface area contributed by atoms with Gasteiger partial charge in [-0.1, -0.05) is 6.92 Å². The molecule has 0 spiro atoms. The molecule has 2 rings (SSSR count). The second-order valence-electron chi connectivity index (χ2n) is 5.44. The summed E-state index contributed by atoms with van der Waals surface area (Å²) in [5.41, 5.74) is 7.46. The highest BCUT2D eigenvalue weighted by Gasteiger charge is 2.22. The number of aromatic nitrogens is 1. The molecule has 0 unspecified atom stereocenters. The van der Waals surface area contributed by atoms with Crippen LogP contribution in [0.15, 0.2) is 6.07 Å². The van der Waals surface area contributed by atoms with Gasteiger partial charge >= 0.3 is 0 Å². The van der Waals surface area contributed by atoms with Crippen molar-refractivity contribution in [1.29, 1.82) is 5.26 Å². The SMILES string of the molecule is CCOCCn1c(C#N)cc(N)c1N1CCC(C)CC1. The molecule has 5 heteroatoms. The Hall–Kier alpha value is -1.67. The van der Waals surface area contributed by atoms with Gasteiger partial charge in [-0.25, -0.2) is 0 Å². The fourth-order valence-electron chi connectivity index (χ4n) is 2.75. The fourth-order valence-corrected chi connectivity index (χ4v) is 2.75. The van der Waals surface area contributed by atoms with Crippen LogP contribution in [0.2, 0.25) is 0 Å². The number of nitriles is 1. The lowest BCUT2D eigenvalue weighted by atomic mass is 9.99. The summed E-state index contributed by atoms with van der Waals surface area (Å²) in [6.07, 6.45) is 2.36. The van der Waals surface area contributed by atoms with E-state index in [9.17, 15) is 5.26 Å². The minimum Gasteiger partial charge on any atom is -0.396 e. The Balaban J connectivity index is 2.22. The highest BCUT2D eigenvalue weighted by Crippen LogP contribution is 2.31. The molecule has 0 radical (unpaired) electrons. The zero-order valence-corrected chi connectivity index (χ0v) is 12.4. The smallest absolute Gasteiger partial charge is 0.133 e. The molecule has 1 aromatic rings. The monoisotopic (exact) mass is 276 g/mol. The number of hydrogen-bond donors (Lipinski definition) is 1. The third-order valence-electron chi connectivity index (χ3n) is 3.96. The number of rotatable bonds is 5. The number of piperidine rings is 1. The number of hydrogen-bond acceptors (Lipinski definition) is 4. The summed E-state index contributed by atoms with van der Waals surface area (Å²) in [5, 5.41) is 9.27. The predicted molar refractivity (Wildman–Crippen MR) is 80.7 cm³/mol. The molecule has 0 atom stereocenters. The van der Waals surface area contributed by atoms with Gasteiger partial charge in [0.15, 0.2) is 0 Å². The van der Waals surface area contributed by atoms with Gasteiger partial charge in [-0.15, -0.1) is 0 Å². The Morgan fingerprint density at radius 3 is 2.75 bits per heavy atom. The highest BCUT2D eigenvalue weighted by molar-refractivity contribution is 5.68. The second kappa shape index (κ2) is 6.67. The Morgan fingerprint density at radius 1 is 1.45 bits per heavy atom. The van der Waals surface area contributed by atoms with Gasteiger partial charge in [-0.05, 0) is 31.7 Å². The van der Waals surface area contributed by atoms with E-state index in [1.165, 1.54) is 12.8 Å². The van der Waals surface area contributed by atoms with E-state index in [1.807, 2.05) is 11.5 Å². The average Bonchev–Trinajstić information content (AvgIpc) is 2.76. The van der Waals surface area contributed by atoms with Crippen LogP contribution < -0.4 is 10.6 Å². The summed E-state index contributed by atoms with van der Waals surface area (Å²) in [7, 11) is 0. The van der Waals surface area contributed by atoms with Crippen LogP contribution in [0.5, 0.6) is 0 Å². The van der Waals surface area contributed by atoms with Crippen molar-refractivity contribution in [3.63, 3.8) is 0 Å². The first-order valence-corrected chi connectivity index (χ1v) is 7.39. The molecule has 1 aliphatic heterocycles. The van der Waals surface area contributed by atoms with Crippen molar-refractivity contribution in [3.8, 4) is 6.07 Å². The van der Waals surface area contributed by atoms with Gasteiger partial charge in [0, 0.05) is 26.2 Å². The van der Waals surface area contributed by atoms with E-state index in [1.54, 1.807) is 6.07 Å². The third-order valence-corrected chi connectivity index (χ3v) is 3.96. The zero-order chi connectivity index (χ0) is 14.5. The van der Waals surface area contributed by atoms with Crippen molar-refractivity contribution in [1.82, 2.24) is 4.57 Å².